The van der Waals surface area contributed by atoms with Crippen LogP contribution in [-0.4, -0.2) is 47.6 Å². The highest BCUT2D eigenvalue weighted by Crippen LogP contribution is 2.19. The van der Waals surface area contributed by atoms with Crippen LogP contribution in [0.25, 0.3) is 0 Å². The molecule has 0 aromatic heterocycles. The highest BCUT2D eigenvalue weighted by molar-refractivity contribution is 4.82. The van der Waals surface area contributed by atoms with E-state index in [1.807, 2.05) is 27.7 Å². The molecule has 4 N–H and O–H groups in total. The summed E-state index contributed by atoms with van der Waals surface area (Å²) in [5.74, 6) is 0. The number of hydrogen-bond donors (Lipinski definition) is 4. The summed E-state index contributed by atoms with van der Waals surface area (Å²) in [6.07, 6.45) is 10.2. The van der Waals surface area contributed by atoms with Crippen LogP contribution < -0.4 is 10.6 Å². The molecular formula is C19H42N2O2. The van der Waals surface area contributed by atoms with E-state index in [0.717, 1.165) is 57.7 Å². The van der Waals surface area contributed by atoms with Gasteiger partial charge < -0.3 is 20.8 Å². The van der Waals surface area contributed by atoms with Gasteiger partial charge in [0, 0.05) is 12.1 Å². The Morgan fingerprint density at radius 2 is 1.04 bits per heavy atom. The fraction of sp³-hybridized carbons (Fsp3) is 1.00. The molecule has 1 aliphatic heterocycles. The van der Waals surface area contributed by atoms with Gasteiger partial charge in [0.1, 0.15) is 0 Å². The smallest absolute Gasteiger partial charge is 0.0541 e. The van der Waals surface area contributed by atoms with E-state index in [1.165, 1.54) is 19.3 Å². The first-order valence-electron chi connectivity index (χ1n) is 10.1. The van der Waals surface area contributed by atoms with Crippen molar-refractivity contribution in [2.24, 2.45) is 0 Å². The Morgan fingerprint density at radius 1 is 0.652 bits per heavy atom. The normalized spacial score (nSPS) is 27.9. The van der Waals surface area contributed by atoms with Crippen LogP contribution in [0.1, 0.15) is 85.5 Å². The fourth-order valence-electron chi connectivity index (χ4n) is 2.95. The van der Waals surface area contributed by atoms with Gasteiger partial charge in [-0.05, 0) is 70.9 Å². The molecule has 1 saturated heterocycles. The zero-order valence-electron chi connectivity index (χ0n) is 16.0. The predicted octanol–water partition coefficient (Wildman–Crippen LogP) is 3.22. The van der Waals surface area contributed by atoms with Crippen LogP contribution in [0.4, 0.5) is 0 Å². The van der Waals surface area contributed by atoms with Crippen molar-refractivity contribution in [3.05, 3.63) is 0 Å². The molecule has 1 heterocycles. The first kappa shape index (κ1) is 22.8. The minimum atomic E-state index is -0.0268. The maximum Gasteiger partial charge on any atom is 0.0541 e. The molecule has 0 aromatic rings. The van der Waals surface area contributed by atoms with E-state index in [9.17, 15) is 5.11 Å². The lowest BCUT2D eigenvalue weighted by Gasteiger charge is -2.32. The Labute approximate surface area is 144 Å². The lowest BCUT2D eigenvalue weighted by molar-refractivity contribution is 0.0950. The molecule has 3 fully saturated rings. The topological polar surface area (TPSA) is 64.5 Å². The van der Waals surface area contributed by atoms with Crippen molar-refractivity contribution < 1.29 is 10.2 Å². The van der Waals surface area contributed by atoms with Crippen molar-refractivity contribution in [2.45, 2.75) is 110 Å². The summed E-state index contributed by atoms with van der Waals surface area (Å²) < 4.78 is 0. The summed E-state index contributed by atoms with van der Waals surface area (Å²) in [6, 6.07) is 1.39. The van der Waals surface area contributed by atoms with Gasteiger partial charge in [-0.3, -0.25) is 0 Å². The predicted molar refractivity (Wildman–Crippen MR) is 99.8 cm³/mol. The molecule has 4 heteroatoms. The van der Waals surface area contributed by atoms with E-state index in [4.69, 9.17) is 5.11 Å². The van der Waals surface area contributed by atoms with Crippen molar-refractivity contribution in [2.75, 3.05) is 13.1 Å². The summed E-state index contributed by atoms with van der Waals surface area (Å²) in [4.78, 5) is 0. The maximum absolute atomic E-state index is 9.40. The largest absolute Gasteiger partial charge is 0.393 e. The second kappa shape index (κ2) is 15.4. The van der Waals surface area contributed by atoms with Gasteiger partial charge in [0.2, 0.25) is 0 Å². The maximum atomic E-state index is 9.40. The fourth-order valence-corrected chi connectivity index (χ4v) is 2.95. The Balaban J connectivity index is 0.000000449. The van der Waals surface area contributed by atoms with Crippen LogP contribution in [0.3, 0.4) is 0 Å². The number of hydrogen-bond acceptors (Lipinski definition) is 4. The van der Waals surface area contributed by atoms with Crippen molar-refractivity contribution >= 4 is 0 Å². The number of nitrogens with one attached hydrogen (secondary N) is 2. The Hall–Kier alpha value is -0.160. The monoisotopic (exact) mass is 330 g/mol. The average molecular weight is 331 g/mol. The molecule has 23 heavy (non-hydrogen) atoms. The van der Waals surface area contributed by atoms with Crippen LogP contribution in [-0.2, 0) is 0 Å². The molecular weight excluding hydrogens is 288 g/mol. The highest BCUT2D eigenvalue weighted by atomic mass is 16.3. The Morgan fingerprint density at radius 3 is 1.43 bits per heavy atom. The summed E-state index contributed by atoms with van der Waals surface area (Å²) >= 11 is 0. The third kappa shape index (κ3) is 11.1. The number of rotatable bonds is 2. The molecule has 3 aliphatic rings. The van der Waals surface area contributed by atoms with Crippen LogP contribution in [0, 0.1) is 0 Å². The summed E-state index contributed by atoms with van der Waals surface area (Å²) in [5, 5.41) is 24.9. The highest BCUT2D eigenvalue weighted by Gasteiger charge is 2.22. The van der Waals surface area contributed by atoms with Gasteiger partial charge in [0.25, 0.3) is 0 Å². The molecule has 0 aromatic carbocycles. The van der Waals surface area contributed by atoms with Gasteiger partial charge in [0.15, 0.2) is 0 Å². The first-order chi connectivity index (χ1) is 11.2. The molecule has 0 bridgehead atoms. The van der Waals surface area contributed by atoms with Gasteiger partial charge in [-0.15, -0.1) is 0 Å². The van der Waals surface area contributed by atoms with Gasteiger partial charge in [-0.1, -0.05) is 27.7 Å². The standard InChI is InChI=1S/C11H22N2O.C4H8O.2C2H6/c14-11-3-1-9(2-4-11)13-10-5-7-12-8-6-10;5-4-2-1-3-4;2*1-2/h9-14H,1-8H2;4-5H,1-3H2;2*1-2H3. The van der Waals surface area contributed by atoms with Crippen molar-refractivity contribution in [3.8, 4) is 0 Å². The van der Waals surface area contributed by atoms with E-state index in [0.29, 0.717) is 6.04 Å². The quantitative estimate of drug-likeness (QED) is 0.628. The summed E-state index contributed by atoms with van der Waals surface area (Å²) in [5.41, 5.74) is 0. The van der Waals surface area contributed by atoms with Crippen LogP contribution in [0.15, 0.2) is 0 Å². The third-order valence-corrected chi connectivity index (χ3v) is 4.58. The van der Waals surface area contributed by atoms with Crippen LogP contribution in [0.5, 0.6) is 0 Å². The third-order valence-electron chi connectivity index (χ3n) is 4.58. The number of aliphatic hydroxyl groups excluding tert-OH is 2. The van der Waals surface area contributed by atoms with E-state index in [-0.39, 0.29) is 12.2 Å². The number of piperidine rings is 1. The van der Waals surface area contributed by atoms with Crippen molar-refractivity contribution in [3.63, 3.8) is 0 Å². The molecule has 0 radical (unpaired) electrons. The van der Waals surface area contributed by atoms with E-state index < -0.39 is 0 Å². The first-order valence-corrected chi connectivity index (χ1v) is 10.1. The number of aliphatic hydroxyl groups is 2. The lowest BCUT2D eigenvalue weighted by atomic mass is 9.92. The van der Waals surface area contributed by atoms with E-state index in [1.54, 1.807) is 0 Å². The minimum Gasteiger partial charge on any atom is -0.393 e. The summed E-state index contributed by atoms with van der Waals surface area (Å²) in [7, 11) is 0. The zero-order chi connectivity index (χ0) is 17.5. The average Bonchev–Trinajstić information content (AvgIpc) is 2.60. The second-order valence-electron chi connectivity index (χ2n) is 6.28. The van der Waals surface area contributed by atoms with Crippen LogP contribution in [0.2, 0.25) is 0 Å². The molecule has 0 spiro atoms. The van der Waals surface area contributed by atoms with Gasteiger partial charge in [-0.25, -0.2) is 0 Å². The molecule has 0 amide bonds. The minimum absolute atomic E-state index is 0.0268. The second-order valence-corrected chi connectivity index (χ2v) is 6.28. The molecule has 0 unspecified atom stereocenters. The molecule has 4 nitrogen and oxygen atoms in total. The van der Waals surface area contributed by atoms with Crippen molar-refractivity contribution in [1.82, 2.24) is 10.6 Å². The van der Waals surface area contributed by atoms with E-state index >= 15 is 0 Å². The van der Waals surface area contributed by atoms with Crippen LogP contribution >= 0.6 is 0 Å². The molecule has 2 saturated carbocycles. The summed E-state index contributed by atoms with van der Waals surface area (Å²) in [6.45, 7) is 10.3. The lowest BCUT2D eigenvalue weighted by Crippen LogP contribution is -2.46. The Bertz CT molecular complexity index is 234. The SMILES string of the molecule is CC.CC.OC1CCC(NC2CCNCC2)CC1.OC1CCC1. The van der Waals surface area contributed by atoms with E-state index in [2.05, 4.69) is 10.6 Å². The molecule has 2 aliphatic carbocycles. The van der Waals surface area contributed by atoms with Gasteiger partial charge >= 0.3 is 0 Å². The van der Waals surface area contributed by atoms with Gasteiger partial charge in [0.05, 0.1) is 12.2 Å². The zero-order valence-corrected chi connectivity index (χ0v) is 16.0. The van der Waals surface area contributed by atoms with Crippen molar-refractivity contribution in [1.29, 1.82) is 0 Å². The molecule has 0 atom stereocenters. The molecule has 3 rings (SSSR count). The Kier molecular flexibility index (Phi) is 15.3. The molecule has 140 valence electrons. The van der Waals surface area contributed by atoms with Gasteiger partial charge in [-0.2, -0.15) is 0 Å².